The molecule has 0 unspecified atom stereocenters. The van der Waals surface area contributed by atoms with E-state index >= 15 is 0 Å². The third-order valence-electron chi connectivity index (χ3n) is 4.19. The lowest BCUT2D eigenvalue weighted by atomic mass is 10.2. The first kappa shape index (κ1) is 18.5. The van der Waals surface area contributed by atoms with Crippen LogP contribution in [0.1, 0.15) is 31.2 Å². The van der Waals surface area contributed by atoms with Crippen molar-refractivity contribution in [2.75, 3.05) is 24.2 Å². The first-order valence-electron chi connectivity index (χ1n) is 8.40. The molecule has 1 fully saturated rings. The second-order valence-corrected chi connectivity index (χ2v) is 8.60. The lowest BCUT2D eigenvalue weighted by Crippen LogP contribution is -2.33. The monoisotopic (exact) mass is 396 g/mol. The number of carbonyl (C=O) groups excluding carboxylic acids is 1. The summed E-state index contributed by atoms with van der Waals surface area (Å²) in [7, 11) is 0. The summed E-state index contributed by atoms with van der Waals surface area (Å²) < 4.78 is 0.797. The highest BCUT2D eigenvalue weighted by molar-refractivity contribution is 8.01. The summed E-state index contributed by atoms with van der Waals surface area (Å²) in [6, 6.07) is 5.71. The Labute approximate surface area is 161 Å². The standard InChI is InChI=1S/C17H21ClN4OS2/c1-12-13(18)7-6-8-14(12)19-16-20-21-17(25-16)24-11-15(23)22-9-4-2-3-5-10-22/h6-8H,2-5,9-11H2,1H3,(H,19,20). The highest BCUT2D eigenvalue weighted by atomic mass is 35.5. The van der Waals surface area contributed by atoms with Gasteiger partial charge in [0.25, 0.3) is 0 Å². The lowest BCUT2D eigenvalue weighted by Gasteiger charge is -2.19. The number of aromatic nitrogens is 2. The van der Waals surface area contributed by atoms with Crippen molar-refractivity contribution in [2.24, 2.45) is 0 Å². The van der Waals surface area contributed by atoms with E-state index in [1.54, 1.807) is 0 Å². The van der Waals surface area contributed by atoms with Crippen molar-refractivity contribution in [1.29, 1.82) is 0 Å². The minimum absolute atomic E-state index is 0.197. The first-order chi connectivity index (χ1) is 12.1. The fraction of sp³-hybridized carbons (Fsp3) is 0.471. The van der Waals surface area contributed by atoms with Gasteiger partial charge in [0.15, 0.2) is 4.34 Å². The van der Waals surface area contributed by atoms with Gasteiger partial charge in [-0.15, -0.1) is 10.2 Å². The van der Waals surface area contributed by atoms with Crippen LogP contribution < -0.4 is 5.32 Å². The molecular formula is C17H21ClN4OS2. The van der Waals surface area contributed by atoms with E-state index in [0.717, 1.165) is 41.5 Å². The molecule has 134 valence electrons. The van der Waals surface area contributed by atoms with Gasteiger partial charge in [0.2, 0.25) is 11.0 Å². The molecule has 5 nitrogen and oxygen atoms in total. The van der Waals surface area contributed by atoms with Crippen LogP contribution in [0.4, 0.5) is 10.8 Å². The number of rotatable bonds is 5. The van der Waals surface area contributed by atoms with Gasteiger partial charge in [0.1, 0.15) is 0 Å². The van der Waals surface area contributed by atoms with Crippen LogP contribution >= 0.6 is 34.7 Å². The van der Waals surface area contributed by atoms with Crippen LogP contribution in [0, 0.1) is 6.92 Å². The molecule has 0 radical (unpaired) electrons. The molecule has 0 spiro atoms. The Morgan fingerprint density at radius 3 is 2.80 bits per heavy atom. The van der Waals surface area contributed by atoms with Gasteiger partial charge in [-0.2, -0.15) is 0 Å². The topological polar surface area (TPSA) is 58.1 Å². The number of anilines is 2. The van der Waals surface area contributed by atoms with Crippen LogP contribution in [0.2, 0.25) is 5.02 Å². The van der Waals surface area contributed by atoms with E-state index in [0.29, 0.717) is 15.9 Å². The highest BCUT2D eigenvalue weighted by Gasteiger charge is 2.16. The average molecular weight is 397 g/mol. The SMILES string of the molecule is Cc1c(Cl)cccc1Nc1nnc(SCC(=O)N2CCCCCC2)s1. The van der Waals surface area contributed by atoms with Crippen LogP contribution in [0.15, 0.2) is 22.5 Å². The van der Waals surface area contributed by atoms with E-state index < -0.39 is 0 Å². The molecule has 1 aromatic carbocycles. The van der Waals surface area contributed by atoms with Crippen molar-refractivity contribution >= 4 is 51.4 Å². The van der Waals surface area contributed by atoms with Crippen molar-refractivity contribution in [3.05, 3.63) is 28.8 Å². The predicted octanol–water partition coefficient (Wildman–Crippen LogP) is 4.74. The first-order valence-corrected chi connectivity index (χ1v) is 10.6. The molecule has 0 saturated carbocycles. The fourth-order valence-corrected chi connectivity index (χ4v) is 4.55. The highest BCUT2D eigenvalue weighted by Crippen LogP contribution is 2.30. The maximum Gasteiger partial charge on any atom is 0.233 e. The van der Waals surface area contributed by atoms with Gasteiger partial charge in [-0.05, 0) is 37.5 Å². The maximum atomic E-state index is 12.3. The molecular weight excluding hydrogens is 376 g/mol. The number of hydrogen-bond acceptors (Lipinski definition) is 6. The molecule has 3 rings (SSSR count). The van der Waals surface area contributed by atoms with Crippen molar-refractivity contribution in [2.45, 2.75) is 36.9 Å². The van der Waals surface area contributed by atoms with E-state index in [1.165, 1.54) is 35.9 Å². The molecule has 2 aromatic rings. The summed E-state index contributed by atoms with van der Waals surface area (Å²) in [5, 5.41) is 13.0. The molecule has 2 heterocycles. The summed E-state index contributed by atoms with van der Waals surface area (Å²) in [5.74, 6) is 0.618. The molecule has 0 bridgehead atoms. The Morgan fingerprint density at radius 1 is 1.28 bits per heavy atom. The Bertz CT molecular complexity index is 729. The molecule has 8 heteroatoms. The zero-order valence-electron chi connectivity index (χ0n) is 14.1. The molecule has 1 aliphatic heterocycles. The minimum Gasteiger partial charge on any atom is -0.342 e. The summed E-state index contributed by atoms with van der Waals surface area (Å²) in [4.78, 5) is 14.3. The van der Waals surface area contributed by atoms with E-state index in [2.05, 4.69) is 15.5 Å². The van der Waals surface area contributed by atoms with E-state index in [1.807, 2.05) is 30.0 Å². The molecule has 0 aliphatic carbocycles. The molecule has 1 saturated heterocycles. The predicted molar refractivity (Wildman–Crippen MR) is 105 cm³/mol. The van der Waals surface area contributed by atoms with Crippen LogP contribution in [-0.2, 0) is 4.79 Å². The summed E-state index contributed by atoms with van der Waals surface area (Å²) in [6.45, 7) is 3.73. The average Bonchev–Trinajstić information content (AvgIpc) is 2.87. The summed E-state index contributed by atoms with van der Waals surface area (Å²) >= 11 is 9.04. The van der Waals surface area contributed by atoms with Crippen LogP contribution in [0.5, 0.6) is 0 Å². The van der Waals surface area contributed by atoms with Gasteiger partial charge in [-0.1, -0.05) is 53.6 Å². The second kappa shape index (κ2) is 8.87. The van der Waals surface area contributed by atoms with Gasteiger partial charge < -0.3 is 10.2 Å². The number of halogens is 1. The number of benzene rings is 1. The number of likely N-dealkylation sites (tertiary alicyclic amines) is 1. The van der Waals surface area contributed by atoms with Crippen molar-refractivity contribution < 1.29 is 4.79 Å². The number of nitrogens with zero attached hydrogens (tertiary/aromatic N) is 3. The van der Waals surface area contributed by atoms with Gasteiger partial charge >= 0.3 is 0 Å². The minimum atomic E-state index is 0.197. The smallest absolute Gasteiger partial charge is 0.233 e. The molecule has 0 atom stereocenters. The third-order valence-corrected chi connectivity index (χ3v) is 6.56. The van der Waals surface area contributed by atoms with Crippen molar-refractivity contribution in [3.8, 4) is 0 Å². The zero-order valence-corrected chi connectivity index (χ0v) is 16.5. The normalized spacial score (nSPS) is 15.0. The number of amides is 1. The Hall–Kier alpha value is -1.31. The van der Waals surface area contributed by atoms with E-state index in [9.17, 15) is 4.79 Å². The Kier molecular flexibility index (Phi) is 6.56. The van der Waals surface area contributed by atoms with Crippen molar-refractivity contribution in [1.82, 2.24) is 15.1 Å². The lowest BCUT2D eigenvalue weighted by molar-refractivity contribution is -0.128. The molecule has 25 heavy (non-hydrogen) atoms. The number of nitrogens with one attached hydrogen (secondary N) is 1. The van der Waals surface area contributed by atoms with Gasteiger partial charge in [-0.25, -0.2) is 0 Å². The maximum absolute atomic E-state index is 12.3. The number of carbonyl (C=O) groups is 1. The summed E-state index contributed by atoms with van der Waals surface area (Å²) in [6.07, 6.45) is 4.68. The van der Waals surface area contributed by atoms with Gasteiger partial charge in [0, 0.05) is 23.8 Å². The summed E-state index contributed by atoms with van der Waals surface area (Å²) in [5.41, 5.74) is 1.89. The molecule has 1 aromatic heterocycles. The largest absolute Gasteiger partial charge is 0.342 e. The van der Waals surface area contributed by atoms with Crippen LogP contribution in [0.3, 0.4) is 0 Å². The van der Waals surface area contributed by atoms with Crippen LogP contribution in [0.25, 0.3) is 0 Å². The Balaban J connectivity index is 1.54. The molecule has 1 aliphatic rings. The fourth-order valence-electron chi connectivity index (χ4n) is 2.71. The Morgan fingerprint density at radius 2 is 2.04 bits per heavy atom. The van der Waals surface area contributed by atoms with Crippen molar-refractivity contribution in [3.63, 3.8) is 0 Å². The number of thioether (sulfide) groups is 1. The second-order valence-electron chi connectivity index (χ2n) is 5.99. The molecule has 1 amide bonds. The number of hydrogen-bond donors (Lipinski definition) is 1. The van der Waals surface area contributed by atoms with E-state index in [-0.39, 0.29) is 5.91 Å². The van der Waals surface area contributed by atoms with Gasteiger partial charge in [0.05, 0.1) is 5.75 Å². The van der Waals surface area contributed by atoms with Crippen LogP contribution in [-0.4, -0.2) is 39.8 Å². The zero-order chi connectivity index (χ0) is 17.6. The molecule has 1 N–H and O–H groups in total. The third kappa shape index (κ3) is 5.09. The quantitative estimate of drug-likeness (QED) is 0.740. The van der Waals surface area contributed by atoms with Gasteiger partial charge in [-0.3, -0.25) is 4.79 Å². The van der Waals surface area contributed by atoms with E-state index in [4.69, 9.17) is 11.6 Å².